The van der Waals surface area contributed by atoms with E-state index < -0.39 is 54.4 Å². The van der Waals surface area contributed by atoms with Crippen molar-refractivity contribution in [2.45, 2.75) is 6.92 Å². The third-order valence-electron chi connectivity index (χ3n) is 9.60. The van der Waals surface area contributed by atoms with Gasteiger partial charge >= 0.3 is 11.9 Å². The van der Waals surface area contributed by atoms with E-state index in [-0.39, 0.29) is 50.9 Å². The molecule has 15 nitrogen and oxygen atoms in total. The lowest BCUT2D eigenvalue weighted by Gasteiger charge is -2.15. The minimum absolute atomic E-state index is 0.00438. The summed E-state index contributed by atoms with van der Waals surface area (Å²) in [5, 5.41) is 12.3. The number of ether oxygens (including phenoxy) is 3. The second-order valence-electron chi connectivity index (χ2n) is 14.1. The molecule has 0 saturated heterocycles. The smallest absolute Gasteiger partial charge is 0.339 e. The van der Waals surface area contributed by atoms with Crippen molar-refractivity contribution in [2.75, 3.05) is 36.2 Å². The van der Waals surface area contributed by atoms with Crippen LogP contribution in [0.15, 0.2) is 147 Å². The molecule has 0 bridgehead atoms. The molecule has 0 radical (unpaired) electrons. The van der Waals surface area contributed by atoms with Crippen molar-refractivity contribution < 1.29 is 52.6 Å². The summed E-state index contributed by atoms with van der Waals surface area (Å²) in [7, 11) is 1.34. The summed E-state index contributed by atoms with van der Waals surface area (Å²) in [6.45, 7) is 7.36. The SMILES string of the molecule is C=CC(=O)COC(=O)c1ccc(Oc2ccc(C(=O)OCC(=O)C=C)c(C(=O)Nc3cccc(C(=O)Nc4cccc5c(NC(=O)c6cccc(C)c6)cccc45)c3)c2)cc1C(=O)NC. The predicted molar refractivity (Wildman–Crippen MR) is 243 cm³/mol. The quantitative estimate of drug-likeness (QED) is 0.0511. The number of carbonyl (C=O) groups is 8. The molecule has 0 aliphatic rings. The van der Waals surface area contributed by atoms with Crippen molar-refractivity contribution in [3.05, 3.63) is 186 Å². The van der Waals surface area contributed by atoms with Gasteiger partial charge in [-0.1, -0.05) is 61.2 Å². The Morgan fingerprint density at radius 1 is 0.508 bits per heavy atom. The Labute approximate surface area is 372 Å². The molecule has 4 N–H and O–H groups in total. The Balaban J connectivity index is 1.24. The molecule has 65 heavy (non-hydrogen) atoms. The molecule has 6 aromatic rings. The lowest BCUT2D eigenvalue weighted by molar-refractivity contribution is -0.118. The Morgan fingerprint density at radius 3 is 1.48 bits per heavy atom. The summed E-state index contributed by atoms with van der Waals surface area (Å²) in [5.74, 6) is -5.37. The molecule has 0 heterocycles. The van der Waals surface area contributed by atoms with Crippen molar-refractivity contribution >= 4 is 75.0 Å². The van der Waals surface area contributed by atoms with E-state index >= 15 is 0 Å². The number of nitrogens with one attached hydrogen (secondary N) is 4. The van der Waals surface area contributed by atoms with Crippen LogP contribution < -0.4 is 26.0 Å². The van der Waals surface area contributed by atoms with Crippen LogP contribution in [-0.4, -0.2) is 67.4 Å². The topological polar surface area (TPSA) is 212 Å². The summed E-state index contributed by atoms with van der Waals surface area (Å²) in [5.41, 5.74) is 1.95. The Morgan fingerprint density at radius 2 is 0.985 bits per heavy atom. The standard InChI is InChI=1S/C50H40N4O11/c1-5-33(55)27-63-49(61)39-21-19-35(25-41(39)47(59)51-4)65-36-20-22-40(50(62)64-28-34(56)6-2)42(26-36)48(60)52-32-14-8-13-31(24-32)46(58)54-44-18-10-15-37-38(44)16-9-17-43(37)53-45(57)30-12-7-11-29(3)23-30/h5-26H,1-2,27-28H2,3-4H3,(H,51,59)(H,52,60)(H,53,57)(H,54,58). The van der Waals surface area contributed by atoms with Gasteiger partial charge in [-0.25, -0.2) is 9.59 Å². The number of hydrogen-bond donors (Lipinski definition) is 4. The molecule has 6 aromatic carbocycles. The summed E-state index contributed by atoms with van der Waals surface area (Å²) in [6, 6.07) is 31.5. The van der Waals surface area contributed by atoms with Gasteiger partial charge < -0.3 is 35.5 Å². The van der Waals surface area contributed by atoms with Crippen LogP contribution in [-0.2, 0) is 19.1 Å². The Bertz CT molecular complexity index is 2940. The normalized spacial score (nSPS) is 10.4. The molecule has 0 saturated carbocycles. The number of esters is 2. The fourth-order valence-corrected chi connectivity index (χ4v) is 6.36. The van der Waals surface area contributed by atoms with Crippen molar-refractivity contribution in [3.63, 3.8) is 0 Å². The summed E-state index contributed by atoms with van der Waals surface area (Å²) in [6.07, 6.45) is 1.97. The first-order valence-electron chi connectivity index (χ1n) is 19.7. The van der Waals surface area contributed by atoms with Crippen molar-refractivity contribution in [1.82, 2.24) is 5.32 Å². The number of carbonyl (C=O) groups excluding carboxylic acids is 8. The molecule has 0 spiro atoms. The van der Waals surface area contributed by atoms with Crippen LogP contribution in [0.25, 0.3) is 10.8 Å². The number of ketones is 2. The lowest BCUT2D eigenvalue weighted by Crippen LogP contribution is -2.22. The number of rotatable bonds is 17. The largest absolute Gasteiger partial charge is 0.457 e. The molecular weight excluding hydrogens is 833 g/mol. The van der Waals surface area contributed by atoms with E-state index in [1.807, 2.05) is 19.1 Å². The molecule has 0 aliphatic carbocycles. The summed E-state index contributed by atoms with van der Waals surface area (Å²) in [4.78, 5) is 103. The Hall–Kier alpha value is -8.98. The van der Waals surface area contributed by atoms with Crippen molar-refractivity contribution in [2.24, 2.45) is 0 Å². The van der Waals surface area contributed by atoms with E-state index in [0.717, 1.165) is 17.7 Å². The zero-order valence-electron chi connectivity index (χ0n) is 35.0. The van der Waals surface area contributed by atoms with Gasteiger partial charge in [0.2, 0.25) is 0 Å². The molecule has 0 fully saturated rings. The van der Waals surface area contributed by atoms with Gasteiger partial charge in [0.05, 0.1) is 22.3 Å². The minimum atomic E-state index is -1.02. The van der Waals surface area contributed by atoms with Crippen LogP contribution in [0.3, 0.4) is 0 Å². The molecule has 0 unspecified atom stereocenters. The molecule has 6 rings (SSSR count). The van der Waals surface area contributed by atoms with Gasteiger partial charge in [0.25, 0.3) is 23.6 Å². The summed E-state index contributed by atoms with van der Waals surface area (Å²) < 4.78 is 16.1. The zero-order valence-corrected chi connectivity index (χ0v) is 35.0. The maximum Gasteiger partial charge on any atom is 0.339 e. The van der Waals surface area contributed by atoms with Crippen LogP contribution in [0.4, 0.5) is 17.1 Å². The van der Waals surface area contributed by atoms with Crippen LogP contribution in [0.5, 0.6) is 11.5 Å². The fraction of sp³-hybridized carbons (Fsp3) is 0.0800. The van der Waals surface area contributed by atoms with Crippen LogP contribution >= 0.6 is 0 Å². The molecule has 0 atom stereocenters. The van der Waals surface area contributed by atoms with Gasteiger partial charge in [-0.2, -0.15) is 0 Å². The van der Waals surface area contributed by atoms with Gasteiger partial charge in [0, 0.05) is 46.0 Å². The molecule has 326 valence electrons. The van der Waals surface area contributed by atoms with Crippen molar-refractivity contribution in [1.29, 1.82) is 0 Å². The first-order valence-corrected chi connectivity index (χ1v) is 19.7. The van der Waals surface area contributed by atoms with E-state index in [1.165, 1.54) is 61.6 Å². The predicted octanol–water partition coefficient (Wildman–Crippen LogP) is 7.88. The highest BCUT2D eigenvalue weighted by Crippen LogP contribution is 2.31. The minimum Gasteiger partial charge on any atom is -0.457 e. The average molecular weight is 873 g/mol. The zero-order chi connectivity index (χ0) is 46.6. The lowest BCUT2D eigenvalue weighted by atomic mass is 10.0. The molecule has 0 aromatic heterocycles. The first-order chi connectivity index (χ1) is 31.3. The fourth-order valence-electron chi connectivity index (χ4n) is 6.36. The summed E-state index contributed by atoms with van der Waals surface area (Å²) >= 11 is 0. The monoisotopic (exact) mass is 872 g/mol. The molecule has 4 amide bonds. The van der Waals surface area contributed by atoms with Gasteiger partial charge in [-0.15, -0.1) is 0 Å². The van der Waals surface area contributed by atoms with Gasteiger partial charge in [-0.05, 0) is 97.9 Å². The number of anilines is 3. The van der Waals surface area contributed by atoms with Gasteiger partial charge in [0.15, 0.2) is 24.8 Å². The number of hydrogen-bond acceptors (Lipinski definition) is 11. The van der Waals surface area contributed by atoms with Crippen LogP contribution in [0, 0.1) is 6.92 Å². The maximum atomic E-state index is 14.0. The number of aryl methyl sites for hydroxylation is 1. The van der Waals surface area contributed by atoms with Gasteiger partial charge in [-0.3, -0.25) is 28.8 Å². The van der Waals surface area contributed by atoms with Crippen molar-refractivity contribution in [3.8, 4) is 11.5 Å². The van der Waals surface area contributed by atoms with E-state index in [0.29, 0.717) is 27.7 Å². The number of benzene rings is 6. The van der Waals surface area contributed by atoms with E-state index in [9.17, 15) is 38.4 Å². The first kappa shape index (κ1) is 45.5. The van der Waals surface area contributed by atoms with E-state index in [1.54, 1.807) is 54.6 Å². The van der Waals surface area contributed by atoms with E-state index in [2.05, 4.69) is 34.4 Å². The second-order valence-corrected chi connectivity index (χ2v) is 14.1. The maximum absolute atomic E-state index is 14.0. The number of amides is 4. The second kappa shape index (κ2) is 20.7. The highest BCUT2D eigenvalue weighted by molar-refractivity contribution is 6.15. The third-order valence-corrected chi connectivity index (χ3v) is 9.60. The van der Waals surface area contributed by atoms with E-state index in [4.69, 9.17) is 14.2 Å². The molecule has 15 heteroatoms. The third kappa shape index (κ3) is 11.3. The number of fused-ring (bicyclic) bond motifs is 1. The highest BCUT2D eigenvalue weighted by Gasteiger charge is 2.23. The average Bonchev–Trinajstić information content (AvgIpc) is 3.32. The highest BCUT2D eigenvalue weighted by atomic mass is 16.5. The molecule has 0 aliphatic heterocycles. The van der Waals surface area contributed by atoms with Crippen LogP contribution in [0.2, 0.25) is 0 Å². The van der Waals surface area contributed by atoms with Crippen LogP contribution in [0.1, 0.15) is 67.7 Å². The Kier molecular flexibility index (Phi) is 14.5. The van der Waals surface area contributed by atoms with Gasteiger partial charge in [0.1, 0.15) is 11.5 Å². The molecular formula is C50H40N4O11.